The first-order valence-corrected chi connectivity index (χ1v) is 9.99. The van der Waals surface area contributed by atoms with Crippen LogP contribution in [0, 0.1) is 0 Å². The normalized spacial score (nSPS) is 16.3. The van der Waals surface area contributed by atoms with Gasteiger partial charge in [0.25, 0.3) is 0 Å². The lowest BCUT2D eigenvalue weighted by Gasteiger charge is -2.45. The third-order valence-corrected chi connectivity index (χ3v) is 5.29. The van der Waals surface area contributed by atoms with Gasteiger partial charge in [0.1, 0.15) is 0 Å². The summed E-state index contributed by atoms with van der Waals surface area (Å²) in [6, 6.07) is 7.12. The molecule has 0 spiro atoms. The third-order valence-electron chi connectivity index (χ3n) is 5.29. The molecule has 1 atom stereocenters. The number of alkyl halides is 19. The van der Waals surface area contributed by atoms with Crippen LogP contribution in [0.2, 0.25) is 0 Å². The van der Waals surface area contributed by atoms with E-state index < -0.39 is 72.6 Å². The molecule has 2 nitrogen and oxygen atoms in total. The second-order valence-electron chi connectivity index (χ2n) is 8.20. The van der Waals surface area contributed by atoms with Crippen LogP contribution in [0.5, 0.6) is 0 Å². The fourth-order valence-corrected chi connectivity index (χ4v) is 3.03. The Morgan fingerprint density at radius 1 is 0.550 bits per heavy atom. The first kappa shape index (κ1) is 35.8. The van der Waals surface area contributed by atoms with Crippen molar-refractivity contribution in [1.82, 2.24) is 5.32 Å². The van der Waals surface area contributed by atoms with Crippen LogP contribution in [0.15, 0.2) is 30.3 Å². The van der Waals surface area contributed by atoms with Crippen LogP contribution >= 0.6 is 0 Å². The van der Waals surface area contributed by atoms with E-state index in [0.717, 1.165) is 0 Å². The molecule has 21 heteroatoms. The number of rotatable bonds is 12. The summed E-state index contributed by atoms with van der Waals surface area (Å²) in [7, 11) is 0. The SMILES string of the molecule is OC(CNCc1ccccc1)CC(F)(F)C(F)(F)C(F)(F)C(F)(F)C(F)(F)C(F)(F)C(F)(C(F)(F)F)C(F)(F)F. The molecule has 0 bridgehead atoms. The van der Waals surface area contributed by atoms with Gasteiger partial charge in [-0.2, -0.15) is 79.0 Å². The molecule has 40 heavy (non-hydrogen) atoms. The third kappa shape index (κ3) is 5.50. The standard InChI is InChI=1S/C19H14F19NO/c20-11(21,6-10(40)8-39-7-9-4-2-1-3-5-9)13(23,24)15(27,28)17(31,32)16(29,30)14(25,26)12(22,18(33,34)35)19(36,37)38/h1-5,10,39-40H,6-8H2. The molecule has 0 aromatic heterocycles. The van der Waals surface area contributed by atoms with Crippen molar-refractivity contribution < 1.29 is 88.5 Å². The molecule has 0 amide bonds. The van der Waals surface area contributed by atoms with Gasteiger partial charge in [0, 0.05) is 19.5 Å². The second kappa shape index (κ2) is 10.6. The van der Waals surface area contributed by atoms with Crippen molar-refractivity contribution in [2.45, 2.75) is 72.6 Å². The number of nitrogens with one attached hydrogen (secondary N) is 1. The number of benzene rings is 1. The van der Waals surface area contributed by atoms with Crippen molar-refractivity contribution in [3.05, 3.63) is 35.9 Å². The summed E-state index contributed by atoms with van der Waals surface area (Å²) in [5, 5.41) is 11.5. The molecule has 0 saturated carbocycles. The van der Waals surface area contributed by atoms with Gasteiger partial charge in [0.05, 0.1) is 6.10 Å². The predicted molar refractivity (Wildman–Crippen MR) is 94.4 cm³/mol. The zero-order chi connectivity index (χ0) is 32.0. The maximum Gasteiger partial charge on any atom is 0.438 e. The largest absolute Gasteiger partial charge is 0.438 e. The summed E-state index contributed by atoms with van der Waals surface area (Å²) in [5.41, 5.74) is -8.42. The van der Waals surface area contributed by atoms with Crippen LogP contribution in [0.4, 0.5) is 83.4 Å². The molecule has 1 aromatic rings. The Bertz CT molecular complexity index is 971. The van der Waals surface area contributed by atoms with Crippen LogP contribution in [0.3, 0.4) is 0 Å². The van der Waals surface area contributed by atoms with Gasteiger partial charge in [-0.05, 0) is 5.56 Å². The average molecular weight is 633 g/mol. The summed E-state index contributed by atoms with van der Waals surface area (Å²) < 4.78 is 253. The van der Waals surface area contributed by atoms with Gasteiger partial charge in [-0.3, -0.25) is 0 Å². The molecular weight excluding hydrogens is 619 g/mol. The average Bonchev–Trinajstić information content (AvgIpc) is 2.76. The van der Waals surface area contributed by atoms with E-state index in [1.807, 2.05) is 0 Å². The van der Waals surface area contributed by atoms with Gasteiger partial charge in [0.15, 0.2) is 0 Å². The van der Waals surface area contributed by atoms with E-state index in [2.05, 4.69) is 5.32 Å². The molecule has 0 radical (unpaired) electrons. The molecule has 1 aromatic carbocycles. The highest BCUT2D eigenvalue weighted by molar-refractivity contribution is 5.19. The lowest BCUT2D eigenvalue weighted by Crippen LogP contribution is -2.77. The van der Waals surface area contributed by atoms with E-state index in [0.29, 0.717) is 5.56 Å². The van der Waals surface area contributed by atoms with Crippen molar-refractivity contribution in [3.8, 4) is 0 Å². The number of hydrogen-bond acceptors (Lipinski definition) is 2. The van der Waals surface area contributed by atoms with Gasteiger partial charge in [0.2, 0.25) is 0 Å². The Morgan fingerprint density at radius 2 is 0.925 bits per heavy atom. The van der Waals surface area contributed by atoms with Crippen molar-refractivity contribution in [3.63, 3.8) is 0 Å². The minimum Gasteiger partial charge on any atom is -0.392 e. The Balaban J connectivity index is 3.40. The maximum atomic E-state index is 13.9. The van der Waals surface area contributed by atoms with Crippen molar-refractivity contribution in [2.75, 3.05) is 6.54 Å². The monoisotopic (exact) mass is 633 g/mol. The summed E-state index contributed by atoms with van der Waals surface area (Å²) >= 11 is 0. The van der Waals surface area contributed by atoms with Crippen LogP contribution in [-0.4, -0.2) is 71.3 Å². The van der Waals surface area contributed by atoms with E-state index in [9.17, 15) is 88.5 Å². The molecule has 0 aliphatic heterocycles. The van der Waals surface area contributed by atoms with Gasteiger partial charge in [-0.1, -0.05) is 30.3 Å². The number of aliphatic hydroxyl groups excluding tert-OH is 1. The van der Waals surface area contributed by atoms with E-state index in [4.69, 9.17) is 0 Å². The minimum absolute atomic E-state index is 0.321. The van der Waals surface area contributed by atoms with Crippen LogP contribution in [-0.2, 0) is 6.54 Å². The maximum absolute atomic E-state index is 13.9. The van der Waals surface area contributed by atoms with Gasteiger partial charge >= 0.3 is 53.6 Å². The van der Waals surface area contributed by atoms with Crippen molar-refractivity contribution in [1.29, 1.82) is 0 Å². The fourth-order valence-electron chi connectivity index (χ4n) is 3.03. The molecule has 0 heterocycles. The first-order valence-electron chi connectivity index (χ1n) is 9.99. The van der Waals surface area contributed by atoms with Crippen LogP contribution in [0.1, 0.15) is 12.0 Å². The van der Waals surface area contributed by atoms with Gasteiger partial charge in [-0.15, -0.1) is 0 Å². The quantitative estimate of drug-likeness (QED) is 0.240. The lowest BCUT2D eigenvalue weighted by molar-refractivity contribution is -0.472. The Kier molecular flexibility index (Phi) is 9.47. The van der Waals surface area contributed by atoms with Crippen molar-refractivity contribution in [2.24, 2.45) is 0 Å². The van der Waals surface area contributed by atoms with Gasteiger partial charge < -0.3 is 10.4 Å². The molecule has 0 fully saturated rings. The van der Waals surface area contributed by atoms with E-state index >= 15 is 0 Å². The second-order valence-corrected chi connectivity index (χ2v) is 8.20. The Hall–Kier alpha value is -2.19. The number of aliphatic hydroxyl groups is 1. The zero-order valence-electron chi connectivity index (χ0n) is 18.7. The van der Waals surface area contributed by atoms with Crippen molar-refractivity contribution >= 4 is 0 Å². The van der Waals surface area contributed by atoms with Crippen LogP contribution < -0.4 is 5.32 Å². The van der Waals surface area contributed by atoms with Crippen LogP contribution in [0.25, 0.3) is 0 Å². The molecular formula is C19H14F19NO. The molecule has 0 aliphatic carbocycles. The van der Waals surface area contributed by atoms with Gasteiger partial charge in [-0.25, -0.2) is 4.39 Å². The number of halogens is 19. The van der Waals surface area contributed by atoms with E-state index in [1.165, 1.54) is 30.3 Å². The molecule has 2 N–H and O–H groups in total. The molecule has 0 aliphatic rings. The highest BCUT2D eigenvalue weighted by atomic mass is 19.4. The molecule has 1 rings (SSSR count). The Morgan fingerprint density at radius 3 is 1.32 bits per heavy atom. The summed E-state index contributed by atoms with van der Waals surface area (Å²) in [6.07, 6.45) is -22.5. The molecule has 0 saturated heterocycles. The topological polar surface area (TPSA) is 32.3 Å². The highest BCUT2D eigenvalue weighted by Crippen LogP contribution is 2.66. The highest BCUT2D eigenvalue weighted by Gasteiger charge is 2.98. The molecule has 1 unspecified atom stereocenters. The fraction of sp³-hybridized carbons (Fsp3) is 0.684. The number of hydrogen-bond donors (Lipinski definition) is 2. The smallest absolute Gasteiger partial charge is 0.392 e. The lowest BCUT2D eigenvalue weighted by atomic mass is 9.83. The van der Waals surface area contributed by atoms with E-state index in [-0.39, 0.29) is 6.54 Å². The summed E-state index contributed by atoms with van der Waals surface area (Å²) in [4.78, 5) is 0. The first-order chi connectivity index (χ1) is 17.5. The zero-order valence-corrected chi connectivity index (χ0v) is 18.7. The molecule has 234 valence electrons. The summed E-state index contributed by atoms with van der Waals surface area (Å²) in [6.45, 7) is -1.53. The van der Waals surface area contributed by atoms with E-state index in [1.54, 1.807) is 0 Å². The predicted octanol–water partition coefficient (Wildman–Crippen LogP) is 7.17. The summed E-state index contributed by atoms with van der Waals surface area (Å²) in [5.74, 6) is -50.3. The minimum atomic E-state index is -9.06. The Labute approximate surface area is 210 Å².